The number of hydrazone groups is 1. The first-order chi connectivity index (χ1) is 14.6. The van der Waals surface area contributed by atoms with E-state index < -0.39 is 5.91 Å². The number of nitrogens with one attached hydrogen (secondary N) is 1. The Labute approximate surface area is 175 Å². The number of hydrogen-bond donors (Lipinski definition) is 1. The highest BCUT2D eigenvalue weighted by atomic mass is 16.4. The van der Waals surface area contributed by atoms with Crippen molar-refractivity contribution in [1.29, 1.82) is 0 Å². The van der Waals surface area contributed by atoms with E-state index in [0.29, 0.717) is 11.5 Å². The third-order valence-electron chi connectivity index (χ3n) is 4.84. The summed E-state index contributed by atoms with van der Waals surface area (Å²) in [5, 5.41) is 4.47. The Balaban J connectivity index is 1.63. The Morgan fingerprint density at radius 1 is 0.833 bits per heavy atom. The van der Waals surface area contributed by atoms with Crippen molar-refractivity contribution in [2.75, 3.05) is 0 Å². The van der Waals surface area contributed by atoms with Crippen LogP contribution in [0, 0.1) is 13.8 Å². The molecule has 0 spiro atoms. The first kappa shape index (κ1) is 19.4. The fraction of sp³-hybridized carbons (Fsp3) is 0.0769. The number of aryl methyl sites for hydroxylation is 2. The van der Waals surface area contributed by atoms with Crippen molar-refractivity contribution in [1.82, 2.24) is 5.43 Å². The number of carbonyl (C=O) groups excluding carboxylic acids is 1. The van der Waals surface area contributed by atoms with Crippen molar-refractivity contribution in [2.45, 2.75) is 13.8 Å². The molecule has 1 N–H and O–H groups in total. The number of amides is 1. The lowest BCUT2D eigenvalue weighted by molar-refractivity contribution is 0.0928. The zero-order valence-corrected chi connectivity index (χ0v) is 16.9. The summed E-state index contributed by atoms with van der Waals surface area (Å²) in [6, 6.07) is 29.1. The molecule has 0 aliphatic rings. The predicted molar refractivity (Wildman–Crippen MR) is 120 cm³/mol. The number of benzene rings is 3. The van der Waals surface area contributed by atoms with Crippen LogP contribution >= 0.6 is 0 Å². The summed E-state index contributed by atoms with van der Waals surface area (Å²) in [4.78, 5) is 12.7. The van der Waals surface area contributed by atoms with Crippen molar-refractivity contribution in [3.05, 3.63) is 119 Å². The molecule has 0 aliphatic heterocycles. The van der Waals surface area contributed by atoms with Gasteiger partial charge in [0.05, 0.1) is 5.71 Å². The Hall–Kier alpha value is -3.92. The third kappa shape index (κ3) is 4.23. The van der Waals surface area contributed by atoms with Crippen molar-refractivity contribution in [3.63, 3.8) is 0 Å². The fourth-order valence-electron chi connectivity index (χ4n) is 3.33. The van der Waals surface area contributed by atoms with Crippen LogP contribution in [0.25, 0.3) is 11.3 Å². The van der Waals surface area contributed by atoms with Crippen molar-refractivity contribution in [3.8, 4) is 11.3 Å². The zero-order valence-electron chi connectivity index (χ0n) is 16.9. The number of rotatable bonds is 5. The topological polar surface area (TPSA) is 54.6 Å². The largest absolute Gasteiger partial charge is 0.451 e. The van der Waals surface area contributed by atoms with E-state index in [4.69, 9.17) is 4.42 Å². The molecular formula is C26H22N2O2. The lowest BCUT2D eigenvalue weighted by atomic mass is 9.97. The van der Waals surface area contributed by atoms with E-state index in [1.807, 2.05) is 79.7 Å². The summed E-state index contributed by atoms with van der Waals surface area (Å²) in [6.07, 6.45) is 0. The van der Waals surface area contributed by atoms with Crippen molar-refractivity contribution < 1.29 is 9.21 Å². The summed E-state index contributed by atoms with van der Waals surface area (Å²) < 4.78 is 5.73. The molecule has 1 heterocycles. The number of hydrogen-bond acceptors (Lipinski definition) is 3. The second-order valence-corrected chi connectivity index (χ2v) is 7.12. The third-order valence-corrected chi connectivity index (χ3v) is 4.84. The molecule has 0 unspecified atom stereocenters. The summed E-state index contributed by atoms with van der Waals surface area (Å²) in [5.41, 5.74) is 8.45. The maximum Gasteiger partial charge on any atom is 0.307 e. The highest BCUT2D eigenvalue weighted by Crippen LogP contribution is 2.22. The minimum atomic E-state index is -0.393. The first-order valence-electron chi connectivity index (χ1n) is 9.78. The van der Waals surface area contributed by atoms with E-state index in [2.05, 4.69) is 23.5 Å². The second kappa shape index (κ2) is 8.62. The molecule has 0 bridgehead atoms. The van der Waals surface area contributed by atoms with Gasteiger partial charge in [-0.1, -0.05) is 84.4 Å². The van der Waals surface area contributed by atoms with E-state index in [-0.39, 0.29) is 5.76 Å². The molecule has 1 aromatic heterocycles. The van der Waals surface area contributed by atoms with Gasteiger partial charge in [-0.15, -0.1) is 0 Å². The monoisotopic (exact) mass is 394 g/mol. The van der Waals surface area contributed by atoms with Crippen LogP contribution in [0.15, 0.2) is 101 Å². The molecule has 4 rings (SSSR count). The van der Waals surface area contributed by atoms with Crippen LogP contribution in [-0.4, -0.2) is 11.6 Å². The van der Waals surface area contributed by atoms with Crippen molar-refractivity contribution in [2.24, 2.45) is 5.10 Å². The minimum absolute atomic E-state index is 0.214. The van der Waals surface area contributed by atoms with Crippen LogP contribution in [0.2, 0.25) is 0 Å². The number of carbonyl (C=O) groups is 1. The molecule has 148 valence electrons. The van der Waals surface area contributed by atoms with Crippen LogP contribution in [0.1, 0.15) is 32.8 Å². The van der Waals surface area contributed by atoms with Crippen LogP contribution in [0.5, 0.6) is 0 Å². The quantitative estimate of drug-likeness (QED) is 0.346. The highest BCUT2D eigenvalue weighted by molar-refractivity contribution is 6.14. The first-order valence-corrected chi connectivity index (χ1v) is 9.78. The maximum absolute atomic E-state index is 12.7. The molecule has 3 aromatic carbocycles. The lowest BCUT2D eigenvalue weighted by Crippen LogP contribution is -2.20. The van der Waals surface area contributed by atoms with Gasteiger partial charge in [0.25, 0.3) is 0 Å². The predicted octanol–water partition coefficient (Wildman–Crippen LogP) is 5.75. The van der Waals surface area contributed by atoms with Gasteiger partial charge in [-0.05, 0) is 31.5 Å². The normalized spacial score (nSPS) is 11.3. The number of furan rings is 1. The average Bonchev–Trinajstić information content (AvgIpc) is 3.27. The van der Waals surface area contributed by atoms with Crippen LogP contribution in [-0.2, 0) is 0 Å². The van der Waals surface area contributed by atoms with Gasteiger partial charge in [0.15, 0.2) is 5.76 Å². The molecule has 30 heavy (non-hydrogen) atoms. The molecule has 1 amide bonds. The molecule has 4 aromatic rings. The molecule has 4 heteroatoms. The van der Waals surface area contributed by atoms with Crippen LogP contribution in [0.4, 0.5) is 0 Å². The van der Waals surface area contributed by atoms with Gasteiger partial charge in [0.2, 0.25) is 0 Å². The molecule has 0 aliphatic carbocycles. The van der Waals surface area contributed by atoms with Crippen molar-refractivity contribution >= 4 is 11.6 Å². The highest BCUT2D eigenvalue weighted by Gasteiger charge is 2.14. The van der Waals surface area contributed by atoms with Gasteiger partial charge in [-0.3, -0.25) is 4.79 Å². The van der Waals surface area contributed by atoms with E-state index in [0.717, 1.165) is 22.3 Å². The summed E-state index contributed by atoms with van der Waals surface area (Å²) in [5.74, 6) is 0.461. The standard InChI is InChI=1S/C26H22N2O2/c1-18-13-14-22(19(2)17-18)25(21-11-7-4-8-12-21)27-28-26(29)24-16-15-23(30-24)20-9-5-3-6-10-20/h3-17H,1-2H3,(H,28,29). The Morgan fingerprint density at radius 3 is 2.23 bits per heavy atom. The van der Waals surface area contributed by atoms with Gasteiger partial charge < -0.3 is 4.42 Å². The van der Waals surface area contributed by atoms with Gasteiger partial charge in [0, 0.05) is 16.7 Å². The molecular weight excluding hydrogens is 372 g/mol. The minimum Gasteiger partial charge on any atom is -0.451 e. The van der Waals surface area contributed by atoms with E-state index in [9.17, 15) is 4.79 Å². The molecule has 0 saturated carbocycles. The van der Waals surface area contributed by atoms with E-state index >= 15 is 0 Å². The number of nitrogens with zero attached hydrogens (tertiary/aromatic N) is 1. The smallest absolute Gasteiger partial charge is 0.307 e. The van der Waals surface area contributed by atoms with E-state index in [1.54, 1.807) is 12.1 Å². The SMILES string of the molecule is Cc1ccc(C(=NNC(=O)c2ccc(-c3ccccc3)o2)c2ccccc2)c(C)c1. The molecule has 4 nitrogen and oxygen atoms in total. The van der Waals surface area contributed by atoms with Gasteiger partial charge >= 0.3 is 5.91 Å². The fourth-order valence-corrected chi connectivity index (χ4v) is 3.33. The van der Waals surface area contributed by atoms with E-state index in [1.165, 1.54) is 5.56 Å². The zero-order chi connectivity index (χ0) is 20.9. The van der Waals surface area contributed by atoms with Crippen LogP contribution in [0.3, 0.4) is 0 Å². The summed E-state index contributed by atoms with van der Waals surface area (Å²) in [6.45, 7) is 4.10. The Morgan fingerprint density at radius 2 is 1.53 bits per heavy atom. The van der Waals surface area contributed by atoms with Crippen LogP contribution < -0.4 is 5.43 Å². The molecule has 0 fully saturated rings. The van der Waals surface area contributed by atoms with Gasteiger partial charge in [0.1, 0.15) is 5.76 Å². The second-order valence-electron chi connectivity index (χ2n) is 7.12. The molecule has 0 saturated heterocycles. The summed E-state index contributed by atoms with van der Waals surface area (Å²) in [7, 11) is 0. The molecule has 0 radical (unpaired) electrons. The van der Waals surface area contributed by atoms with Gasteiger partial charge in [-0.25, -0.2) is 5.43 Å². The Bertz CT molecular complexity index is 1190. The maximum atomic E-state index is 12.7. The lowest BCUT2D eigenvalue weighted by Gasteiger charge is -2.11. The molecule has 0 atom stereocenters. The average molecular weight is 394 g/mol. The Kier molecular flexibility index (Phi) is 5.57. The van der Waals surface area contributed by atoms with Gasteiger partial charge in [-0.2, -0.15) is 5.10 Å². The summed E-state index contributed by atoms with van der Waals surface area (Å²) >= 11 is 0.